The molecule has 5 rings (SSSR count). The minimum absolute atomic E-state index is 0.327. The molecule has 4 aromatic rings. The van der Waals surface area contributed by atoms with Crippen molar-refractivity contribution in [3.8, 4) is 22.5 Å². The molecule has 0 aliphatic carbocycles. The van der Waals surface area contributed by atoms with Crippen LogP contribution in [0.4, 0.5) is 5.69 Å². The van der Waals surface area contributed by atoms with Crippen molar-refractivity contribution in [2.45, 2.75) is 26.7 Å². The van der Waals surface area contributed by atoms with Crippen molar-refractivity contribution in [2.75, 3.05) is 31.1 Å². The third kappa shape index (κ3) is 3.25. The minimum Gasteiger partial charge on any atom is -0.369 e. The Morgan fingerprint density at radius 2 is 1.80 bits per heavy atom. The Labute approximate surface area is 176 Å². The van der Waals surface area contributed by atoms with Crippen LogP contribution >= 0.6 is 0 Å². The van der Waals surface area contributed by atoms with Gasteiger partial charge in [0.15, 0.2) is 5.65 Å². The van der Waals surface area contributed by atoms with Gasteiger partial charge in [-0.25, -0.2) is 9.50 Å². The lowest BCUT2D eigenvalue weighted by molar-refractivity contribution is 0.589. The fourth-order valence-corrected chi connectivity index (χ4v) is 4.34. The lowest BCUT2D eigenvalue weighted by Crippen LogP contribution is -2.43. The quantitative estimate of drug-likeness (QED) is 0.546. The number of aryl methyl sites for hydroxylation is 1. The Bertz CT molecular complexity index is 1160. The van der Waals surface area contributed by atoms with E-state index in [0.717, 1.165) is 59.9 Å². The Hall–Kier alpha value is -3.19. The van der Waals surface area contributed by atoms with E-state index in [4.69, 9.17) is 5.10 Å². The van der Waals surface area contributed by atoms with E-state index in [1.807, 2.05) is 10.7 Å². The molecule has 7 nitrogen and oxygen atoms in total. The first-order chi connectivity index (χ1) is 14.6. The van der Waals surface area contributed by atoms with Crippen LogP contribution in [0.15, 0.2) is 42.9 Å². The van der Waals surface area contributed by atoms with Crippen LogP contribution < -0.4 is 10.2 Å². The predicted molar refractivity (Wildman–Crippen MR) is 120 cm³/mol. The third-order valence-electron chi connectivity index (χ3n) is 5.85. The van der Waals surface area contributed by atoms with E-state index in [1.165, 1.54) is 11.3 Å². The summed E-state index contributed by atoms with van der Waals surface area (Å²) in [6, 6.07) is 11.0. The van der Waals surface area contributed by atoms with Gasteiger partial charge in [0, 0.05) is 49.2 Å². The van der Waals surface area contributed by atoms with Crippen LogP contribution in [0.25, 0.3) is 28.2 Å². The standard InChI is InChI=1S/C23H27N7/c1-15(2)20-21(17-4-6-19(7-5-17)29-10-8-24-9-11-29)27-28-22(20)18-12-16(3)23-25-14-26-30(23)13-18/h4-7,12-15,24H,8-11H2,1-3H3,(H,27,28). The lowest BCUT2D eigenvalue weighted by atomic mass is 9.94. The van der Waals surface area contributed by atoms with Crippen LogP contribution in [-0.4, -0.2) is 51.0 Å². The second-order valence-corrected chi connectivity index (χ2v) is 8.24. The maximum atomic E-state index is 4.72. The molecule has 1 aliphatic heterocycles. The second kappa shape index (κ2) is 7.57. The van der Waals surface area contributed by atoms with Gasteiger partial charge in [-0.3, -0.25) is 5.10 Å². The zero-order valence-electron chi connectivity index (χ0n) is 17.7. The van der Waals surface area contributed by atoms with Crippen LogP contribution in [0.5, 0.6) is 0 Å². The number of H-pyrrole nitrogens is 1. The zero-order chi connectivity index (χ0) is 20.7. The Morgan fingerprint density at radius 1 is 1.03 bits per heavy atom. The van der Waals surface area contributed by atoms with Crippen LogP contribution in [0, 0.1) is 6.92 Å². The largest absolute Gasteiger partial charge is 0.369 e. The normalized spacial score (nSPS) is 14.7. The van der Waals surface area contributed by atoms with E-state index in [9.17, 15) is 0 Å². The number of pyridine rings is 1. The molecular formula is C23H27N7. The number of aromatic amines is 1. The number of nitrogens with zero attached hydrogens (tertiary/aromatic N) is 5. The fourth-order valence-electron chi connectivity index (χ4n) is 4.34. The monoisotopic (exact) mass is 401 g/mol. The third-order valence-corrected chi connectivity index (χ3v) is 5.85. The molecule has 1 saturated heterocycles. The molecule has 0 atom stereocenters. The summed E-state index contributed by atoms with van der Waals surface area (Å²) in [6.07, 6.45) is 3.60. The molecule has 4 heterocycles. The summed E-state index contributed by atoms with van der Waals surface area (Å²) in [6.45, 7) is 10.7. The summed E-state index contributed by atoms with van der Waals surface area (Å²) in [5.74, 6) is 0.327. The Balaban J connectivity index is 1.54. The van der Waals surface area contributed by atoms with Crippen molar-refractivity contribution in [2.24, 2.45) is 0 Å². The second-order valence-electron chi connectivity index (χ2n) is 8.24. The number of aromatic nitrogens is 5. The molecule has 0 spiro atoms. The van der Waals surface area contributed by atoms with Gasteiger partial charge in [-0.15, -0.1) is 0 Å². The van der Waals surface area contributed by atoms with Crippen molar-refractivity contribution < 1.29 is 0 Å². The van der Waals surface area contributed by atoms with Crippen LogP contribution in [0.2, 0.25) is 0 Å². The zero-order valence-corrected chi connectivity index (χ0v) is 17.7. The smallest absolute Gasteiger partial charge is 0.158 e. The SMILES string of the molecule is Cc1cc(-c2n[nH]c(-c3ccc(N4CCNCC4)cc3)c2C(C)C)cn2ncnc12. The fraction of sp³-hybridized carbons (Fsp3) is 0.348. The van der Waals surface area contributed by atoms with Crippen molar-refractivity contribution in [1.82, 2.24) is 30.1 Å². The van der Waals surface area contributed by atoms with Gasteiger partial charge in [0.1, 0.15) is 6.33 Å². The highest BCUT2D eigenvalue weighted by Crippen LogP contribution is 2.36. The first-order valence-electron chi connectivity index (χ1n) is 10.6. The number of benzene rings is 1. The van der Waals surface area contributed by atoms with Crippen molar-refractivity contribution in [1.29, 1.82) is 0 Å². The van der Waals surface area contributed by atoms with Gasteiger partial charge in [-0.05, 0) is 42.2 Å². The maximum absolute atomic E-state index is 4.72. The summed E-state index contributed by atoms with van der Waals surface area (Å²) in [4.78, 5) is 6.75. The van der Waals surface area contributed by atoms with Gasteiger partial charge in [0.05, 0.1) is 11.4 Å². The van der Waals surface area contributed by atoms with Crippen molar-refractivity contribution in [3.05, 3.63) is 54.0 Å². The van der Waals surface area contributed by atoms with E-state index < -0.39 is 0 Å². The summed E-state index contributed by atoms with van der Waals surface area (Å²) in [5.41, 5.74) is 8.75. The molecule has 154 valence electrons. The van der Waals surface area contributed by atoms with E-state index in [1.54, 1.807) is 6.33 Å². The molecule has 30 heavy (non-hydrogen) atoms. The Kier molecular flexibility index (Phi) is 4.75. The molecule has 1 aliphatic rings. The van der Waals surface area contributed by atoms with Crippen LogP contribution in [0.3, 0.4) is 0 Å². The summed E-state index contributed by atoms with van der Waals surface area (Å²) >= 11 is 0. The average molecular weight is 402 g/mol. The molecule has 0 bridgehead atoms. The molecule has 3 aromatic heterocycles. The highest BCUT2D eigenvalue weighted by atomic mass is 15.3. The van der Waals surface area contributed by atoms with E-state index in [0.29, 0.717) is 5.92 Å². The van der Waals surface area contributed by atoms with Crippen LogP contribution in [0.1, 0.15) is 30.9 Å². The predicted octanol–water partition coefficient (Wildman–Crippen LogP) is 3.63. The van der Waals surface area contributed by atoms with Crippen LogP contribution in [-0.2, 0) is 0 Å². The van der Waals surface area contributed by atoms with Gasteiger partial charge in [-0.2, -0.15) is 10.2 Å². The van der Waals surface area contributed by atoms with Gasteiger partial charge in [0.25, 0.3) is 0 Å². The number of hydrogen-bond acceptors (Lipinski definition) is 5. The molecule has 7 heteroatoms. The lowest BCUT2D eigenvalue weighted by Gasteiger charge is -2.29. The van der Waals surface area contributed by atoms with Gasteiger partial charge in [0.2, 0.25) is 0 Å². The van der Waals surface area contributed by atoms with E-state index in [-0.39, 0.29) is 0 Å². The Morgan fingerprint density at radius 3 is 2.53 bits per heavy atom. The minimum atomic E-state index is 0.327. The van der Waals surface area contributed by atoms with Crippen molar-refractivity contribution in [3.63, 3.8) is 0 Å². The number of nitrogens with one attached hydrogen (secondary N) is 2. The molecular weight excluding hydrogens is 374 g/mol. The average Bonchev–Trinajstić information content (AvgIpc) is 3.42. The molecule has 1 fully saturated rings. The van der Waals surface area contributed by atoms with Crippen molar-refractivity contribution >= 4 is 11.3 Å². The molecule has 1 aromatic carbocycles. The van der Waals surface area contributed by atoms with Gasteiger partial charge >= 0.3 is 0 Å². The number of anilines is 1. The first kappa shape index (κ1) is 18.8. The summed E-state index contributed by atoms with van der Waals surface area (Å²) in [5, 5.41) is 15.8. The highest BCUT2D eigenvalue weighted by molar-refractivity contribution is 5.76. The highest BCUT2D eigenvalue weighted by Gasteiger charge is 2.20. The summed E-state index contributed by atoms with van der Waals surface area (Å²) < 4.78 is 1.82. The van der Waals surface area contributed by atoms with E-state index >= 15 is 0 Å². The molecule has 0 unspecified atom stereocenters. The first-order valence-corrected chi connectivity index (χ1v) is 10.6. The number of hydrogen-bond donors (Lipinski definition) is 2. The van der Waals surface area contributed by atoms with E-state index in [2.05, 4.69) is 76.5 Å². The van der Waals surface area contributed by atoms with Gasteiger partial charge in [-0.1, -0.05) is 26.0 Å². The van der Waals surface area contributed by atoms with Gasteiger partial charge < -0.3 is 10.2 Å². The molecule has 0 amide bonds. The molecule has 0 radical (unpaired) electrons. The molecule has 0 saturated carbocycles. The summed E-state index contributed by atoms with van der Waals surface area (Å²) in [7, 11) is 0. The number of piperazine rings is 1. The molecule has 2 N–H and O–H groups in total. The topological polar surface area (TPSA) is 74.1 Å². The number of rotatable bonds is 4. The number of fused-ring (bicyclic) bond motifs is 1. The maximum Gasteiger partial charge on any atom is 0.158 e.